The van der Waals surface area contributed by atoms with Crippen LogP contribution in [-0.4, -0.2) is 84.1 Å². The van der Waals surface area contributed by atoms with Crippen molar-refractivity contribution in [2.45, 2.75) is 44.3 Å². The van der Waals surface area contributed by atoms with E-state index in [2.05, 4.69) is 52.6 Å². The van der Waals surface area contributed by atoms with Gasteiger partial charge in [-0.25, -0.2) is 4.39 Å². The minimum atomic E-state index is -1.01. The number of thiophene rings is 1. The number of aromatic nitrogens is 2. The van der Waals surface area contributed by atoms with Gasteiger partial charge in [-0.2, -0.15) is 15.2 Å². The maximum Gasteiger partial charge on any atom is 0.318 e. The van der Waals surface area contributed by atoms with Crippen LogP contribution in [-0.2, 0) is 17.8 Å². The highest BCUT2D eigenvalue weighted by atomic mass is 35.5. The number of amides is 1. The number of carbonyl (C=O) groups excluding carboxylic acids is 1. The first-order valence-electron chi connectivity index (χ1n) is 14.3. The third kappa shape index (κ3) is 5.63. The van der Waals surface area contributed by atoms with E-state index >= 15 is 0 Å². The second-order valence-corrected chi connectivity index (χ2v) is 12.8. The van der Waals surface area contributed by atoms with Crippen molar-refractivity contribution >= 4 is 50.4 Å². The SMILES string of the molecule is C=C(F)C(=O)N1CCN(c2nc(OC[C@@H]3CCCN3C)nc3c2CCN(c2cccc4sc(Cl)cc24)C3)C[C@@H]1CC#N. The summed E-state index contributed by atoms with van der Waals surface area (Å²) in [7, 11) is 2.11. The van der Waals surface area contributed by atoms with Gasteiger partial charge in [0, 0.05) is 53.6 Å². The number of benzene rings is 1. The Hall–Kier alpha value is -3.46. The Labute approximate surface area is 253 Å². The van der Waals surface area contributed by atoms with E-state index < -0.39 is 17.8 Å². The van der Waals surface area contributed by atoms with Crippen molar-refractivity contribution in [1.82, 2.24) is 19.8 Å². The number of hydrogen-bond donors (Lipinski definition) is 0. The van der Waals surface area contributed by atoms with Gasteiger partial charge in [-0.1, -0.05) is 24.2 Å². The highest BCUT2D eigenvalue weighted by molar-refractivity contribution is 7.22. The molecule has 0 N–H and O–H groups in total. The molecule has 0 spiro atoms. The highest BCUT2D eigenvalue weighted by Gasteiger charge is 2.35. The molecule has 2 atom stereocenters. The number of nitrogens with zero attached hydrogens (tertiary/aromatic N) is 7. The first-order valence-corrected chi connectivity index (χ1v) is 15.4. The second kappa shape index (κ2) is 12.0. The molecule has 1 aromatic carbocycles. The van der Waals surface area contributed by atoms with Crippen LogP contribution in [0, 0.1) is 11.3 Å². The lowest BCUT2D eigenvalue weighted by Gasteiger charge is -2.42. The number of nitriles is 1. The van der Waals surface area contributed by atoms with Gasteiger partial charge in [-0.3, -0.25) is 4.79 Å². The Kier molecular flexibility index (Phi) is 8.21. The predicted molar refractivity (Wildman–Crippen MR) is 163 cm³/mol. The number of fused-ring (bicyclic) bond motifs is 2. The summed E-state index contributed by atoms with van der Waals surface area (Å²) in [6, 6.07) is 10.6. The third-order valence-corrected chi connectivity index (χ3v) is 9.78. The van der Waals surface area contributed by atoms with Gasteiger partial charge >= 0.3 is 6.01 Å². The molecule has 0 bridgehead atoms. The topological polar surface area (TPSA) is 88.8 Å². The number of halogens is 2. The first-order chi connectivity index (χ1) is 20.3. The second-order valence-electron chi connectivity index (χ2n) is 11.1. The van der Waals surface area contributed by atoms with Gasteiger partial charge in [0.1, 0.15) is 12.4 Å². The summed E-state index contributed by atoms with van der Waals surface area (Å²) in [5, 5.41) is 10.6. The molecule has 220 valence electrons. The number of anilines is 2. The van der Waals surface area contributed by atoms with Crippen LogP contribution in [0.25, 0.3) is 10.1 Å². The average Bonchev–Trinajstić information content (AvgIpc) is 3.58. The standard InChI is InChI=1S/C30H33ClFN7O2S/c1-19(32)29(40)39-14-13-38(16-20(39)8-10-33)28-22-9-12-37(25-6-3-7-26-23(25)15-27(31)42-26)17-24(22)34-30(35-28)41-18-21-5-4-11-36(21)2/h3,6-7,15,20-21H,1,4-5,8-9,11-14,16-18H2,2H3/t20-,21-/m0/s1. The lowest BCUT2D eigenvalue weighted by Crippen LogP contribution is -2.55. The summed E-state index contributed by atoms with van der Waals surface area (Å²) in [6.07, 6.45) is 3.01. The fraction of sp³-hybridized carbons (Fsp3) is 0.467. The highest BCUT2D eigenvalue weighted by Crippen LogP contribution is 2.38. The summed E-state index contributed by atoms with van der Waals surface area (Å²) in [6.45, 7) is 7.15. The maximum atomic E-state index is 13.8. The quantitative estimate of drug-likeness (QED) is 0.353. The van der Waals surface area contributed by atoms with Crippen molar-refractivity contribution in [2.24, 2.45) is 0 Å². The Balaban J connectivity index is 1.32. The number of ether oxygens (including phenoxy) is 1. The van der Waals surface area contributed by atoms with Crippen LogP contribution in [0.3, 0.4) is 0 Å². The van der Waals surface area contributed by atoms with E-state index in [-0.39, 0.29) is 13.0 Å². The van der Waals surface area contributed by atoms with E-state index in [9.17, 15) is 14.4 Å². The van der Waals surface area contributed by atoms with E-state index in [1.165, 1.54) is 4.90 Å². The number of hydrogen-bond acceptors (Lipinski definition) is 9. The summed E-state index contributed by atoms with van der Waals surface area (Å²) in [4.78, 5) is 30.4. The lowest BCUT2D eigenvalue weighted by atomic mass is 10.0. The molecule has 2 saturated heterocycles. The Morgan fingerprint density at radius 1 is 1.24 bits per heavy atom. The van der Waals surface area contributed by atoms with Gasteiger partial charge in [-0.15, -0.1) is 11.3 Å². The predicted octanol–water partition coefficient (Wildman–Crippen LogP) is 4.79. The van der Waals surface area contributed by atoms with Crippen LogP contribution >= 0.6 is 22.9 Å². The molecular weight excluding hydrogens is 577 g/mol. The van der Waals surface area contributed by atoms with Crippen molar-refractivity contribution in [3.8, 4) is 12.1 Å². The number of likely N-dealkylation sites (N-methyl/N-ethyl adjacent to an activating group) is 1. The Morgan fingerprint density at radius 2 is 2.10 bits per heavy atom. The van der Waals surface area contributed by atoms with E-state index in [0.29, 0.717) is 44.7 Å². The fourth-order valence-corrected chi connectivity index (χ4v) is 7.49. The van der Waals surface area contributed by atoms with Crippen LogP contribution in [0.15, 0.2) is 36.7 Å². The van der Waals surface area contributed by atoms with E-state index in [1.807, 2.05) is 6.07 Å². The monoisotopic (exact) mass is 609 g/mol. The molecule has 12 heteroatoms. The van der Waals surface area contributed by atoms with Gasteiger partial charge in [-0.05, 0) is 51.1 Å². The van der Waals surface area contributed by atoms with Crippen LogP contribution in [0.2, 0.25) is 4.34 Å². The molecule has 0 radical (unpaired) electrons. The van der Waals surface area contributed by atoms with E-state index in [1.54, 1.807) is 11.3 Å². The van der Waals surface area contributed by atoms with Crippen molar-refractivity contribution in [3.63, 3.8) is 0 Å². The largest absolute Gasteiger partial charge is 0.462 e. The molecule has 0 aliphatic carbocycles. The Bertz CT molecular complexity index is 1560. The molecule has 5 heterocycles. The molecule has 0 saturated carbocycles. The zero-order valence-electron chi connectivity index (χ0n) is 23.6. The lowest BCUT2D eigenvalue weighted by molar-refractivity contribution is -0.131. The van der Waals surface area contributed by atoms with Crippen LogP contribution in [0.1, 0.15) is 30.5 Å². The number of rotatable bonds is 7. The smallest absolute Gasteiger partial charge is 0.318 e. The summed E-state index contributed by atoms with van der Waals surface area (Å²) in [5.41, 5.74) is 3.05. The van der Waals surface area contributed by atoms with Crippen LogP contribution in [0.4, 0.5) is 15.9 Å². The van der Waals surface area contributed by atoms with Crippen molar-refractivity contribution in [2.75, 3.05) is 56.2 Å². The molecule has 3 aliphatic rings. The average molecular weight is 610 g/mol. The summed E-state index contributed by atoms with van der Waals surface area (Å²) < 4.78 is 21.9. The minimum absolute atomic E-state index is 0.0845. The summed E-state index contributed by atoms with van der Waals surface area (Å²) in [5.74, 6) is -1.01. The van der Waals surface area contributed by atoms with Crippen molar-refractivity contribution < 1.29 is 13.9 Å². The minimum Gasteiger partial charge on any atom is -0.462 e. The molecule has 0 unspecified atom stereocenters. The van der Waals surface area contributed by atoms with Gasteiger partial charge < -0.3 is 24.3 Å². The zero-order chi connectivity index (χ0) is 29.4. The van der Waals surface area contributed by atoms with Gasteiger partial charge in [0.25, 0.3) is 5.91 Å². The summed E-state index contributed by atoms with van der Waals surface area (Å²) >= 11 is 7.94. The molecule has 6 rings (SSSR count). The molecule has 2 aromatic heterocycles. The molecule has 1 amide bonds. The van der Waals surface area contributed by atoms with Crippen molar-refractivity contribution in [1.29, 1.82) is 5.26 Å². The number of carbonyl (C=O) groups is 1. The first kappa shape index (κ1) is 28.6. The maximum absolute atomic E-state index is 13.8. The Morgan fingerprint density at radius 3 is 2.86 bits per heavy atom. The third-order valence-electron chi connectivity index (χ3n) is 8.55. The number of piperazine rings is 1. The molecule has 3 aromatic rings. The van der Waals surface area contributed by atoms with Crippen LogP contribution in [0.5, 0.6) is 6.01 Å². The van der Waals surface area contributed by atoms with E-state index in [0.717, 1.165) is 63.1 Å². The van der Waals surface area contributed by atoms with Gasteiger partial charge in [0.05, 0.1) is 35.1 Å². The molecule has 2 fully saturated rings. The van der Waals surface area contributed by atoms with Crippen molar-refractivity contribution in [3.05, 3.63) is 52.3 Å². The number of likely N-dealkylation sites (tertiary alicyclic amines) is 1. The van der Waals surface area contributed by atoms with Gasteiger partial charge in [0.2, 0.25) is 0 Å². The fourth-order valence-electron chi connectivity index (χ4n) is 6.32. The zero-order valence-corrected chi connectivity index (χ0v) is 25.1. The molecule has 3 aliphatic heterocycles. The molecular formula is C30H33ClFN7O2S. The van der Waals surface area contributed by atoms with Crippen LogP contribution < -0.4 is 14.5 Å². The van der Waals surface area contributed by atoms with E-state index in [4.69, 9.17) is 26.3 Å². The van der Waals surface area contributed by atoms with Gasteiger partial charge in [0.15, 0.2) is 5.83 Å². The normalized spacial score (nSPS) is 21.0. The molecule has 42 heavy (non-hydrogen) atoms. The molecule has 9 nitrogen and oxygen atoms in total.